The van der Waals surface area contributed by atoms with Crippen molar-refractivity contribution >= 4 is 16.7 Å². The smallest absolute Gasteiger partial charge is 0.223 e. The van der Waals surface area contributed by atoms with Crippen LogP contribution in [0.15, 0.2) is 42.5 Å². The number of benzene rings is 2. The van der Waals surface area contributed by atoms with Gasteiger partial charge in [0.25, 0.3) is 0 Å². The zero-order valence-electron chi connectivity index (χ0n) is 16.7. The molecule has 2 atom stereocenters. The summed E-state index contributed by atoms with van der Waals surface area (Å²) in [5, 5.41) is 2.65. The van der Waals surface area contributed by atoms with Gasteiger partial charge in [0.15, 0.2) is 0 Å². The van der Waals surface area contributed by atoms with Crippen LogP contribution in [0, 0.1) is 11.8 Å². The highest BCUT2D eigenvalue weighted by molar-refractivity contribution is 5.85. The Labute approximate surface area is 163 Å². The quantitative estimate of drug-likeness (QED) is 0.742. The van der Waals surface area contributed by atoms with Gasteiger partial charge in [-0.3, -0.25) is 9.69 Å². The summed E-state index contributed by atoms with van der Waals surface area (Å²) in [4.78, 5) is 17.5. The van der Waals surface area contributed by atoms with Crippen molar-refractivity contribution in [1.82, 2.24) is 9.80 Å². The van der Waals surface area contributed by atoms with Gasteiger partial charge in [0.1, 0.15) is 0 Å². The molecule has 4 rings (SSSR count). The monoisotopic (exact) mass is 364 g/mol. The highest BCUT2D eigenvalue weighted by Gasteiger charge is 2.31. The van der Waals surface area contributed by atoms with Gasteiger partial charge in [-0.25, -0.2) is 0 Å². The van der Waals surface area contributed by atoms with E-state index in [-0.39, 0.29) is 0 Å². The number of carbonyl (C=O) groups excluding carboxylic acids is 1. The minimum Gasteiger partial charge on any atom is -0.342 e. The Morgan fingerprint density at radius 3 is 2.48 bits per heavy atom. The van der Waals surface area contributed by atoms with Gasteiger partial charge in [-0.05, 0) is 47.4 Å². The zero-order chi connectivity index (χ0) is 18.8. The molecule has 0 N–H and O–H groups in total. The normalized spacial score (nSPS) is 23.1. The van der Waals surface area contributed by atoms with Crippen LogP contribution in [0.1, 0.15) is 45.1 Å². The largest absolute Gasteiger partial charge is 0.342 e. The summed E-state index contributed by atoms with van der Waals surface area (Å²) < 4.78 is 0. The number of fused-ring (bicyclic) bond motifs is 1. The molecule has 27 heavy (non-hydrogen) atoms. The number of likely N-dealkylation sites (tertiary alicyclic amines) is 1. The number of amides is 1. The predicted molar refractivity (Wildman–Crippen MR) is 112 cm³/mol. The summed E-state index contributed by atoms with van der Waals surface area (Å²) in [6.07, 6.45) is 4.45. The van der Waals surface area contributed by atoms with Crippen LogP contribution in [0.3, 0.4) is 0 Å². The van der Waals surface area contributed by atoms with Gasteiger partial charge in [0, 0.05) is 38.6 Å². The summed E-state index contributed by atoms with van der Waals surface area (Å²) in [5.74, 6) is 1.61. The Bertz CT molecular complexity index is 783. The minimum atomic E-state index is 0.344. The van der Waals surface area contributed by atoms with Gasteiger partial charge in [0.05, 0.1) is 0 Å². The molecule has 1 amide bonds. The fraction of sp³-hybridized carbons (Fsp3) is 0.542. The van der Waals surface area contributed by atoms with Crippen molar-refractivity contribution in [2.24, 2.45) is 11.8 Å². The number of nitrogens with zero attached hydrogens (tertiary/aromatic N) is 2. The standard InChI is InChI=1S/C24H32N2O/c1-18-14-19(2)16-26(15-18)24(27)12-13-25(22-10-11-22)17-21-8-5-7-20-6-3-4-9-23(20)21/h3-9,18-19,22H,10-17H2,1-2H3. The van der Waals surface area contributed by atoms with Crippen LogP contribution in [-0.4, -0.2) is 41.4 Å². The molecule has 2 aromatic carbocycles. The summed E-state index contributed by atoms with van der Waals surface area (Å²) in [6, 6.07) is 15.9. The molecule has 0 bridgehead atoms. The maximum Gasteiger partial charge on any atom is 0.223 e. The molecule has 144 valence electrons. The van der Waals surface area contributed by atoms with Crippen LogP contribution in [-0.2, 0) is 11.3 Å². The second-order valence-corrected chi connectivity index (χ2v) is 8.83. The molecule has 3 nitrogen and oxygen atoms in total. The van der Waals surface area contributed by atoms with Crippen LogP contribution in [0.4, 0.5) is 0 Å². The van der Waals surface area contributed by atoms with E-state index in [1.807, 2.05) is 0 Å². The summed E-state index contributed by atoms with van der Waals surface area (Å²) >= 11 is 0. The molecule has 1 aliphatic heterocycles. The molecule has 1 heterocycles. The van der Waals surface area contributed by atoms with Crippen LogP contribution in [0.2, 0.25) is 0 Å². The lowest BCUT2D eigenvalue weighted by molar-refractivity contribution is -0.134. The first-order valence-corrected chi connectivity index (χ1v) is 10.6. The minimum absolute atomic E-state index is 0.344. The Morgan fingerprint density at radius 1 is 1.04 bits per heavy atom. The van der Waals surface area contributed by atoms with Gasteiger partial charge in [-0.2, -0.15) is 0 Å². The van der Waals surface area contributed by atoms with Crippen molar-refractivity contribution < 1.29 is 4.79 Å². The summed E-state index contributed by atoms with van der Waals surface area (Å²) in [6.45, 7) is 8.25. The van der Waals surface area contributed by atoms with Crippen molar-refractivity contribution in [3.05, 3.63) is 48.0 Å². The molecule has 0 spiro atoms. The third kappa shape index (κ3) is 4.52. The molecule has 0 radical (unpaired) electrons. The maximum absolute atomic E-state index is 12.8. The van der Waals surface area contributed by atoms with Crippen LogP contribution in [0.25, 0.3) is 10.8 Å². The van der Waals surface area contributed by atoms with Gasteiger partial charge < -0.3 is 4.90 Å². The first-order chi connectivity index (χ1) is 13.1. The van der Waals surface area contributed by atoms with Crippen molar-refractivity contribution in [1.29, 1.82) is 0 Å². The lowest BCUT2D eigenvalue weighted by Gasteiger charge is -2.35. The van der Waals surface area contributed by atoms with Crippen LogP contribution in [0.5, 0.6) is 0 Å². The molecular formula is C24H32N2O. The van der Waals surface area contributed by atoms with E-state index in [1.165, 1.54) is 35.6 Å². The molecule has 2 unspecified atom stereocenters. The number of hydrogen-bond acceptors (Lipinski definition) is 2. The van der Waals surface area contributed by atoms with E-state index in [2.05, 4.69) is 66.1 Å². The van der Waals surface area contributed by atoms with E-state index < -0.39 is 0 Å². The Hall–Kier alpha value is -1.87. The second-order valence-electron chi connectivity index (χ2n) is 8.83. The first-order valence-electron chi connectivity index (χ1n) is 10.6. The molecule has 1 saturated heterocycles. The van der Waals surface area contributed by atoms with Gasteiger partial charge >= 0.3 is 0 Å². The lowest BCUT2D eigenvalue weighted by atomic mass is 9.92. The van der Waals surface area contributed by atoms with Crippen molar-refractivity contribution in [2.45, 2.75) is 52.1 Å². The third-order valence-corrected chi connectivity index (χ3v) is 6.15. The number of piperidine rings is 1. The van der Waals surface area contributed by atoms with Gasteiger partial charge in [-0.15, -0.1) is 0 Å². The maximum atomic E-state index is 12.8. The fourth-order valence-corrected chi connectivity index (χ4v) is 4.74. The molecular weight excluding hydrogens is 332 g/mol. The second kappa shape index (κ2) is 8.02. The SMILES string of the molecule is CC1CC(C)CN(C(=O)CCN(Cc2cccc3ccccc23)C2CC2)C1. The molecule has 3 heteroatoms. The molecule has 1 saturated carbocycles. The predicted octanol–water partition coefficient (Wildman–Crippen LogP) is 4.70. The van der Waals surface area contributed by atoms with Crippen LogP contribution < -0.4 is 0 Å². The van der Waals surface area contributed by atoms with Gasteiger partial charge in [-0.1, -0.05) is 56.3 Å². The van der Waals surface area contributed by atoms with E-state index in [1.54, 1.807) is 0 Å². The Kier molecular flexibility index (Phi) is 5.49. The molecule has 2 aliphatic rings. The van der Waals surface area contributed by atoms with E-state index in [4.69, 9.17) is 0 Å². The topological polar surface area (TPSA) is 23.6 Å². The number of rotatable bonds is 6. The summed E-state index contributed by atoms with van der Waals surface area (Å²) in [7, 11) is 0. The first kappa shape index (κ1) is 18.5. The van der Waals surface area contributed by atoms with E-state index in [0.29, 0.717) is 30.2 Å². The molecule has 1 aliphatic carbocycles. The zero-order valence-corrected chi connectivity index (χ0v) is 16.7. The Balaban J connectivity index is 1.41. The number of carbonyl (C=O) groups is 1. The van der Waals surface area contributed by atoms with E-state index >= 15 is 0 Å². The molecule has 0 aromatic heterocycles. The van der Waals surface area contributed by atoms with Crippen molar-refractivity contribution in [2.75, 3.05) is 19.6 Å². The highest BCUT2D eigenvalue weighted by Crippen LogP contribution is 2.30. The Morgan fingerprint density at radius 2 is 1.74 bits per heavy atom. The van der Waals surface area contributed by atoms with E-state index in [0.717, 1.165) is 26.2 Å². The van der Waals surface area contributed by atoms with Gasteiger partial charge in [0.2, 0.25) is 5.91 Å². The molecule has 2 fully saturated rings. The highest BCUT2D eigenvalue weighted by atomic mass is 16.2. The average Bonchev–Trinajstić information content (AvgIpc) is 3.49. The van der Waals surface area contributed by atoms with Crippen LogP contribution >= 0.6 is 0 Å². The van der Waals surface area contributed by atoms with Crippen molar-refractivity contribution in [3.8, 4) is 0 Å². The summed E-state index contributed by atoms with van der Waals surface area (Å²) in [5.41, 5.74) is 1.38. The fourth-order valence-electron chi connectivity index (χ4n) is 4.74. The number of hydrogen-bond donors (Lipinski definition) is 0. The average molecular weight is 365 g/mol. The third-order valence-electron chi connectivity index (χ3n) is 6.15. The van der Waals surface area contributed by atoms with E-state index in [9.17, 15) is 4.79 Å². The molecule has 2 aromatic rings. The van der Waals surface area contributed by atoms with Crippen molar-refractivity contribution in [3.63, 3.8) is 0 Å². The lowest BCUT2D eigenvalue weighted by Crippen LogP contribution is -2.43.